The second-order valence-corrected chi connectivity index (χ2v) is 7.71. The Morgan fingerprint density at radius 3 is 1.85 bits per heavy atom. The Labute approximate surface area is 169 Å². The van der Waals surface area contributed by atoms with Crippen LogP contribution in [-0.2, 0) is 0 Å². The van der Waals surface area contributed by atoms with Gasteiger partial charge in [-0.25, -0.2) is 0 Å². The number of hydrogen-bond acceptors (Lipinski definition) is 3. The van der Waals surface area contributed by atoms with E-state index in [1.54, 1.807) is 0 Å². The third-order valence-corrected chi connectivity index (χ3v) is 5.29. The molecule has 0 spiro atoms. The summed E-state index contributed by atoms with van der Waals surface area (Å²) in [6.45, 7) is 6.55. The van der Waals surface area contributed by atoms with E-state index in [9.17, 15) is 0 Å². The van der Waals surface area contributed by atoms with Crippen molar-refractivity contribution in [1.82, 2.24) is 9.80 Å². The van der Waals surface area contributed by atoms with Crippen molar-refractivity contribution in [3.63, 3.8) is 0 Å². The molecule has 1 fully saturated rings. The second-order valence-electron chi connectivity index (χ2n) is 7.71. The van der Waals surface area contributed by atoms with Crippen LogP contribution in [0.3, 0.4) is 0 Å². The van der Waals surface area contributed by atoms with Gasteiger partial charge in [0, 0.05) is 19.6 Å². The molecule has 0 saturated carbocycles. The van der Waals surface area contributed by atoms with Crippen molar-refractivity contribution in [2.75, 3.05) is 32.9 Å². The first-order valence-corrected chi connectivity index (χ1v) is 11.1. The minimum absolute atomic E-state index is 0. The Balaban J connectivity index is 0.00000625. The van der Waals surface area contributed by atoms with Crippen LogP contribution in [0.15, 0.2) is 12.3 Å². The van der Waals surface area contributed by atoms with Gasteiger partial charge in [0.2, 0.25) is 0 Å². The molecule has 156 valence electrons. The number of rotatable bonds is 17. The van der Waals surface area contributed by atoms with Gasteiger partial charge in [-0.2, -0.15) is 0 Å². The van der Waals surface area contributed by atoms with Gasteiger partial charge < -0.3 is 10.0 Å². The molecule has 1 saturated heterocycles. The molecule has 0 unspecified atom stereocenters. The molecule has 0 amide bonds. The van der Waals surface area contributed by atoms with Gasteiger partial charge in [0.05, 0.1) is 13.3 Å². The summed E-state index contributed by atoms with van der Waals surface area (Å²) < 4.78 is 0. The average Bonchev–Trinajstić information content (AvgIpc) is 3.06. The van der Waals surface area contributed by atoms with Gasteiger partial charge in [0.25, 0.3) is 0 Å². The lowest BCUT2D eigenvalue weighted by atomic mass is 10.0. The number of β-amino-alcohol motifs (C(OH)–C–C–N with tert-alkyl or cyclic N) is 1. The van der Waals surface area contributed by atoms with Gasteiger partial charge in [-0.1, -0.05) is 90.0 Å². The Kier molecular flexibility index (Phi) is 19.3. The number of hydrogen-bond donors (Lipinski definition) is 1. The van der Waals surface area contributed by atoms with Crippen molar-refractivity contribution in [3.8, 4) is 0 Å². The lowest BCUT2D eigenvalue weighted by Gasteiger charge is -2.14. The van der Waals surface area contributed by atoms with Crippen molar-refractivity contribution in [3.05, 3.63) is 12.3 Å². The fourth-order valence-corrected chi connectivity index (χ4v) is 3.62. The minimum Gasteiger partial charge on any atom is -0.395 e. The standard InChI is InChI=1S/C22H44N2O.ClH/c1-2-3-4-5-6-7-8-9-10-11-12-13-14-15-16-17-23-18-19-24(22-23)20-21-25;/h16-17,25H,2-15,18-22H2,1H3;1H. The molecule has 1 N–H and O–H groups in total. The number of nitrogens with zero attached hydrogens (tertiary/aromatic N) is 2. The zero-order valence-corrected chi connectivity index (χ0v) is 18.2. The lowest BCUT2D eigenvalue weighted by Crippen LogP contribution is -2.25. The van der Waals surface area contributed by atoms with Crippen molar-refractivity contribution in [2.45, 2.75) is 96.8 Å². The molecule has 0 aromatic carbocycles. The first kappa shape index (κ1) is 25.8. The maximum Gasteiger partial charge on any atom is 0.0703 e. The van der Waals surface area contributed by atoms with Crippen molar-refractivity contribution in [2.24, 2.45) is 0 Å². The average molecular weight is 389 g/mol. The SMILES string of the molecule is CCCCCCCCCCCCCCCC=CN1CCN(CCO)C1.Cl. The van der Waals surface area contributed by atoms with E-state index >= 15 is 0 Å². The summed E-state index contributed by atoms with van der Waals surface area (Å²) >= 11 is 0. The minimum atomic E-state index is 0. The second kappa shape index (κ2) is 19.5. The van der Waals surface area contributed by atoms with Crippen LogP contribution in [0.2, 0.25) is 0 Å². The summed E-state index contributed by atoms with van der Waals surface area (Å²) in [4.78, 5) is 4.66. The van der Waals surface area contributed by atoms with Crippen LogP contribution >= 0.6 is 12.4 Å². The highest BCUT2D eigenvalue weighted by Crippen LogP contribution is 2.13. The van der Waals surface area contributed by atoms with Gasteiger partial charge in [0.1, 0.15) is 0 Å². The smallest absolute Gasteiger partial charge is 0.0703 e. The Hall–Kier alpha value is -0.250. The molecule has 4 heteroatoms. The zero-order valence-electron chi connectivity index (χ0n) is 17.3. The van der Waals surface area contributed by atoms with E-state index in [2.05, 4.69) is 29.0 Å². The number of halogens is 1. The third kappa shape index (κ3) is 14.9. The molecule has 1 heterocycles. The van der Waals surface area contributed by atoms with E-state index in [0.29, 0.717) is 0 Å². The van der Waals surface area contributed by atoms with Crippen LogP contribution in [0.25, 0.3) is 0 Å². The molecule has 0 radical (unpaired) electrons. The van der Waals surface area contributed by atoms with Gasteiger partial charge in [-0.15, -0.1) is 12.4 Å². The molecule has 1 aliphatic heterocycles. The molecular weight excluding hydrogens is 344 g/mol. The van der Waals surface area contributed by atoms with Crippen molar-refractivity contribution >= 4 is 12.4 Å². The van der Waals surface area contributed by atoms with E-state index in [4.69, 9.17) is 5.11 Å². The first-order valence-electron chi connectivity index (χ1n) is 11.1. The zero-order chi connectivity index (χ0) is 18.0. The van der Waals surface area contributed by atoms with Crippen molar-refractivity contribution in [1.29, 1.82) is 0 Å². The summed E-state index contributed by atoms with van der Waals surface area (Å²) in [5, 5.41) is 8.95. The van der Waals surface area contributed by atoms with Crippen LogP contribution in [-0.4, -0.2) is 47.8 Å². The van der Waals surface area contributed by atoms with Crippen LogP contribution in [0.5, 0.6) is 0 Å². The predicted molar refractivity (Wildman–Crippen MR) is 117 cm³/mol. The maximum atomic E-state index is 8.95. The fourth-order valence-electron chi connectivity index (χ4n) is 3.62. The quantitative estimate of drug-likeness (QED) is 0.311. The topological polar surface area (TPSA) is 26.7 Å². The highest BCUT2D eigenvalue weighted by atomic mass is 35.5. The Bertz CT molecular complexity index is 313. The largest absolute Gasteiger partial charge is 0.395 e. The molecule has 1 rings (SSSR count). The summed E-state index contributed by atoms with van der Waals surface area (Å²) in [5.41, 5.74) is 0. The maximum absolute atomic E-state index is 8.95. The molecule has 1 aliphatic rings. The first-order chi connectivity index (χ1) is 12.4. The highest BCUT2D eigenvalue weighted by molar-refractivity contribution is 5.85. The molecule has 3 nitrogen and oxygen atoms in total. The number of aliphatic hydroxyl groups is 1. The summed E-state index contributed by atoms with van der Waals surface area (Å²) in [5.74, 6) is 0. The molecule has 0 atom stereocenters. The van der Waals surface area contributed by atoms with Crippen LogP contribution < -0.4 is 0 Å². The van der Waals surface area contributed by atoms with E-state index < -0.39 is 0 Å². The molecule has 0 aliphatic carbocycles. The summed E-state index contributed by atoms with van der Waals surface area (Å²) in [6.07, 6.45) is 24.3. The van der Waals surface area contributed by atoms with Gasteiger partial charge >= 0.3 is 0 Å². The number of allylic oxidation sites excluding steroid dienone is 1. The van der Waals surface area contributed by atoms with Gasteiger partial charge in [-0.3, -0.25) is 4.90 Å². The van der Waals surface area contributed by atoms with E-state index in [-0.39, 0.29) is 19.0 Å². The van der Waals surface area contributed by atoms with E-state index in [1.165, 1.54) is 89.9 Å². The highest BCUT2D eigenvalue weighted by Gasteiger charge is 2.15. The van der Waals surface area contributed by atoms with Crippen LogP contribution in [0, 0.1) is 0 Å². The normalized spacial score (nSPS) is 15.1. The van der Waals surface area contributed by atoms with Gasteiger partial charge in [0.15, 0.2) is 0 Å². The molecule has 0 bridgehead atoms. The Morgan fingerprint density at radius 1 is 0.769 bits per heavy atom. The molecule has 26 heavy (non-hydrogen) atoms. The van der Waals surface area contributed by atoms with Crippen LogP contribution in [0.1, 0.15) is 96.8 Å². The molecular formula is C22H45ClN2O. The van der Waals surface area contributed by atoms with E-state index in [0.717, 1.165) is 26.3 Å². The Morgan fingerprint density at radius 2 is 1.31 bits per heavy atom. The van der Waals surface area contributed by atoms with Gasteiger partial charge in [-0.05, 0) is 19.0 Å². The molecule has 0 aromatic heterocycles. The van der Waals surface area contributed by atoms with Crippen molar-refractivity contribution < 1.29 is 5.11 Å². The number of unbranched alkanes of at least 4 members (excludes halogenated alkanes) is 13. The predicted octanol–water partition coefficient (Wildman–Crippen LogP) is 5.97. The molecule has 0 aromatic rings. The fraction of sp³-hybridized carbons (Fsp3) is 0.909. The summed E-state index contributed by atoms with van der Waals surface area (Å²) in [7, 11) is 0. The summed E-state index contributed by atoms with van der Waals surface area (Å²) in [6, 6.07) is 0. The van der Waals surface area contributed by atoms with Crippen LogP contribution in [0.4, 0.5) is 0 Å². The van der Waals surface area contributed by atoms with E-state index in [1.807, 2.05) is 0 Å². The monoisotopic (exact) mass is 388 g/mol. The third-order valence-electron chi connectivity index (χ3n) is 5.29. The lowest BCUT2D eigenvalue weighted by molar-refractivity contribution is 0.206. The number of aliphatic hydroxyl groups excluding tert-OH is 1.